The molecule has 1 aliphatic carbocycles. The van der Waals surface area contributed by atoms with Gasteiger partial charge >= 0.3 is 0 Å². The van der Waals surface area contributed by atoms with Gasteiger partial charge in [-0.1, -0.05) is 39.0 Å². The summed E-state index contributed by atoms with van der Waals surface area (Å²) in [6.07, 6.45) is 12.3. The molecule has 0 saturated heterocycles. The van der Waals surface area contributed by atoms with Gasteiger partial charge in [0, 0.05) is 24.7 Å². The van der Waals surface area contributed by atoms with E-state index < -0.39 is 0 Å². The van der Waals surface area contributed by atoms with Crippen molar-refractivity contribution < 1.29 is 0 Å². The highest BCUT2D eigenvalue weighted by Crippen LogP contribution is 2.27. The normalized spacial score (nSPS) is 19.9. The van der Waals surface area contributed by atoms with Crippen LogP contribution in [0.2, 0.25) is 0 Å². The highest BCUT2D eigenvalue weighted by molar-refractivity contribution is 5.02. The van der Waals surface area contributed by atoms with Crippen LogP contribution in [0.1, 0.15) is 70.5 Å². The van der Waals surface area contributed by atoms with Gasteiger partial charge < -0.3 is 0 Å². The molecule has 0 bridgehead atoms. The minimum Gasteiger partial charge on any atom is -0.271 e. The molecule has 1 aromatic heterocycles. The van der Waals surface area contributed by atoms with Gasteiger partial charge in [-0.05, 0) is 31.7 Å². The predicted octanol–water partition coefficient (Wildman–Crippen LogP) is 3.20. The third kappa shape index (κ3) is 4.32. The molecule has 0 aromatic carbocycles. The van der Waals surface area contributed by atoms with Crippen LogP contribution in [-0.2, 0) is 6.42 Å². The molecule has 1 aromatic rings. The fourth-order valence-corrected chi connectivity index (χ4v) is 3.21. The van der Waals surface area contributed by atoms with Crippen molar-refractivity contribution in [2.24, 2.45) is 11.8 Å². The lowest BCUT2D eigenvalue weighted by molar-refractivity contribution is 0.296. The molecule has 2 rings (SSSR count). The molecule has 1 heterocycles. The molecule has 0 radical (unpaired) electrons. The largest absolute Gasteiger partial charge is 0.271 e. The standard InChI is InChI=1S/C16H30N4/c1-3-13(2)20-10-9-15(19-20)12-16(18-17)11-14-7-5-4-6-8-14/h9-10,13-14,16,18H,3-8,11-12,17H2,1-2H3. The summed E-state index contributed by atoms with van der Waals surface area (Å²) in [5.74, 6) is 6.59. The van der Waals surface area contributed by atoms with E-state index in [0.717, 1.165) is 24.5 Å². The van der Waals surface area contributed by atoms with E-state index in [9.17, 15) is 0 Å². The first-order valence-corrected chi connectivity index (χ1v) is 8.23. The average molecular weight is 278 g/mol. The summed E-state index contributed by atoms with van der Waals surface area (Å²) in [6, 6.07) is 2.97. The van der Waals surface area contributed by atoms with Gasteiger partial charge in [0.15, 0.2) is 0 Å². The Hall–Kier alpha value is -0.870. The number of nitrogens with zero attached hydrogens (tertiary/aromatic N) is 2. The van der Waals surface area contributed by atoms with Crippen molar-refractivity contribution in [1.29, 1.82) is 0 Å². The van der Waals surface area contributed by atoms with Gasteiger partial charge in [-0.3, -0.25) is 16.0 Å². The quantitative estimate of drug-likeness (QED) is 0.595. The lowest BCUT2D eigenvalue weighted by atomic mass is 9.84. The lowest BCUT2D eigenvalue weighted by Crippen LogP contribution is -2.38. The highest BCUT2D eigenvalue weighted by atomic mass is 15.3. The Morgan fingerprint density at radius 3 is 2.80 bits per heavy atom. The van der Waals surface area contributed by atoms with Crippen LogP contribution in [0.5, 0.6) is 0 Å². The van der Waals surface area contributed by atoms with E-state index in [-0.39, 0.29) is 0 Å². The summed E-state index contributed by atoms with van der Waals surface area (Å²) in [5.41, 5.74) is 4.16. The van der Waals surface area contributed by atoms with Gasteiger partial charge in [0.05, 0.1) is 5.69 Å². The fourth-order valence-electron chi connectivity index (χ4n) is 3.21. The zero-order valence-electron chi connectivity index (χ0n) is 13.0. The number of hydrogen-bond acceptors (Lipinski definition) is 3. The van der Waals surface area contributed by atoms with Gasteiger partial charge in [0.25, 0.3) is 0 Å². The molecule has 114 valence electrons. The van der Waals surface area contributed by atoms with Crippen molar-refractivity contribution in [3.05, 3.63) is 18.0 Å². The van der Waals surface area contributed by atoms with Gasteiger partial charge in [0.1, 0.15) is 0 Å². The molecule has 2 atom stereocenters. The van der Waals surface area contributed by atoms with Crippen molar-refractivity contribution in [2.45, 2.75) is 77.3 Å². The third-order valence-corrected chi connectivity index (χ3v) is 4.74. The van der Waals surface area contributed by atoms with Gasteiger partial charge in [-0.15, -0.1) is 0 Å². The van der Waals surface area contributed by atoms with Crippen LogP contribution < -0.4 is 11.3 Å². The van der Waals surface area contributed by atoms with E-state index in [0.29, 0.717) is 12.1 Å². The number of hydrazine groups is 1. The van der Waals surface area contributed by atoms with Gasteiger partial charge in [-0.25, -0.2) is 0 Å². The molecule has 3 N–H and O–H groups in total. The van der Waals surface area contributed by atoms with Gasteiger partial charge in [-0.2, -0.15) is 5.10 Å². The number of aromatic nitrogens is 2. The number of rotatable bonds is 7. The van der Waals surface area contributed by atoms with Crippen LogP contribution in [0.3, 0.4) is 0 Å². The van der Waals surface area contributed by atoms with Gasteiger partial charge in [0.2, 0.25) is 0 Å². The summed E-state index contributed by atoms with van der Waals surface area (Å²) in [5, 5.41) is 4.68. The van der Waals surface area contributed by atoms with E-state index in [4.69, 9.17) is 5.84 Å². The first kappa shape index (κ1) is 15.5. The monoisotopic (exact) mass is 278 g/mol. The number of nitrogens with one attached hydrogen (secondary N) is 1. The highest BCUT2D eigenvalue weighted by Gasteiger charge is 2.19. The Morgan fingerprint density at radius 1 is 1.40 bits per heavy atom. The van der Waals surface area contributed by atoms with E-state index >= 15 is 0 Å². The third-order valence-electron chi connectivity index (χ3n) is 4.74. The van der Waals surface area contributed by atoms with Crippen LogP contribution >= 0.6 is 0 Å². The summed E-state index contributed by atoms with van der Waals surface area (Å²) >= 11 is 0. The molecule has 20 heavy (non-hydrogen) atoms. The maximum Gasteiger partial charge on any atom is 0.0640 e. The summed E-state index contributed by atoms with van der Waals surface area (Å²) in [4.78, 5) is 0. The zero-order chi connectivity index (χ0) is 14.4. The van der Waals surface area contributed by atoms with Crippen molar-refractivity contribution in [1.82, 2.24) is 15.2 Å². The molecule has 1 fully saturated rings. The van der Waals surface area contributed by atoms with E-state index in [1.165, 1.54) is 38.5 Å². The molecule has 1 aliphatic rings. The number of nitrogens with two attached hydrogens (primary N) is 1. The van der Waals surface area contributed by atoms with Crippen molar-refractivity contribution in [3.8, 4) is 0 Å². The Morgan fingerprint density at radius 2 is 2.15 bits per heavy atom. The molecule has 2 unspecified atom stereocenters. The second kappa shape index (κ2) is 7.79. The predicted molar refractivity (Wildman–Crippen MR) is 83.2 cm³/mol. The van der Waals surface area contributed by atoms with Crippen LogP contribution in [-0.4, -0.2) is 15.8 Å². The Labute approximate surface area is 123 Å². The van der Waals surface area contributed by atoms with Crippen molar-refractivity contribution >= 4 is 0 Å². The molecule has 0 amide bonds. The summed E-state index contributed by atoms with van der Waals surface area (Å²) < 4.78 is 2.07. The zero-order valence-corrected chi connectivity index (χ0v) is 13.0. The first-order chi connectivity index (χ1) is 9.72. The van der Waals surface area contributed by atoms with Crippen LogP contribution in [0.25, 0.3) is 0 Å². The second-order valence-corrected chi connectivity index (χ2v) is 6.35. The fraction of sp³-hybridized carbons (Fsp3) is 0.812. The topological polar surface area (TPSA) is 55.9 Å². The van der Waals surface area contributed by atoms with E-state index in [1.807, 2.05) is 0 Å². The molecule has 4 heteroatoms. The molecular formula is C16H30N4. The summed E-state index contributed by atoms with van der Waals surface area (Å²) in [7, 11) is 0. The Kier molecular flexibility index (Phi) is 6.05. The Bertz CT molecular complexity index is 382. The number of hydrogen-bond donors (Lipinski definition) is 2. The maximum atomic E-state index is 5.75. The summed E-state index contributed by atoms with van der Waals surface area (Å²) in [6.45, 7) is 4.40. The average Bonchev–Trinajstić information content (AvgIpc) is 2.95. The van der Waals surface area contributed by atoms with Crippen LogP contribution in [0.15, 0.2) is 12.3 Å². The van der Waals surface area contributed by atoms with Crippen LogP contribution in [0, 0.1) is 5.92 Å². The minimum atomic E-state index is 0.360. The van der Waals surface area contributed by atoms with Crippen molar-refractivity contribution in [2.75, 3.05) is 0 Å². The molecule has 0 aliphatic heterocycles. The molecule has 4 nitrogen and oxygen atoms in total. The van der Waals surface area contributed by atoms with E-state index in [1.54, 1.807) is 0 Å². The minimum absolute atomic E-state index is 0.360. The SMILES string of the molecule is CCC(C)n1ccc(CC(CC2CCCCC2)NN)n1. The van der Waals surface area contributed by atoms with Crippen LogP contribution in [0.4, 0.5) is 0 Å². The Balaban J connectivity index is 1.87. The lowest BCUT2D eigenvalue weighted by Gasteiger charge is -2.25. The van der Waals surface area contributed by atoms with E-state index in [2.05, 4.69) is 41.3 Å². The molecule has 1 saturated carbocycles. The molecular weight excluding hydrogens is 248 g/mol. The smallest absolute Gasteiger partial charge is 0.0640 e. The first-order valence-electron chi connectivity index (χ1n) is 8.23. The second-order valence-electron chi connectivity index (χ2n) is 6.35. The maximum absolute atomic E-state index is 5.75. The van der Waals surface area contributed by atoms with Crippen molar-refractivity contribution in [3.63, 3.8) is 0 Å². The molecule has 0 spiro atoms.